The van der Waals surface area contributed by atoms with Crippen LogP contribution in [-0.2, 0) is 9.59 Å². The number of hydrogen-bond donors (Lipinski definition) is 2. The number of amides is 1. The summed E-state index contributed by atoms with van der Waals surface area (Å²) in [5, 5.41) is 11.9. The van der Waals surface area contributed by atoms with Gasteiger partial charge in [-0.15, -0.1) is 0 Å². The molecule has 0 heterocycles. The maximum Gasteiger partial charge on any atom is 0.306 e. The SMILES string of the molecule is CC(C)=CC(=O)NCC1CCCCC1C(=O)O. The molecule has 1 amide bonds. The number of carboxylic acids is 1. The first kappa shape index (κ1) is 13.7. The van der Waals surface area contributed by atoms with Crippen molar-refractivity contribution in [3.8, 4) is 0 Å². The molecule has 2 unspecified atom stereocenters. The van der Waals surface area contributed by atoms with E-state index in [1.165, 1.54) is 0 Å². The first-order valence-corrected chi connectivity index (χ1v) is 6.16. The summed E-state index contributed by atoms with van der Waals surface area (Å²) in [5.41, 5.74) is 0.945. The lowest BCUT2D eigenvalue weighted by Crippen LogP contribution is -2.36. The lowest BCUT2D eigenvalue weighted by atomic mass is 9.79. The van der Waals surface area contributed by atoms with Crippen LogP contribution >= 0.6 is 0 Å². The van der Waals surface area contributed by atoms with Gasteiger partial charge in [0.05, 0.1) is 5.92 Å². The summed E-state index contributed by atoms with van der Waals surface area (Å²) in [6.45, 7) is 4.19. The van der Waals surface area contributed by atoms with Crippen LogP contribution in [0.3, 0.4) is 0 Å². The maximum atomic E-state index is 11.4. The van der Waals surface area contributed by atoms with E-state index in [1.807, 2.05) is 13.8 Å². The van der Waals surface area contributed by atoms with Crippen LogP contribution in [0.2, 0.25) is 0 Å². The standard InChI is InChI=1S/C13H21NO3/c1-9(2)7-12(15)14-8-10-5-3-4-6-11(10)13(16)17/h7,10-11H,3-6,8H2,1-2H3,(H,14,15)(H,16,17). The Labute approximate surface area is 102 Å². The average Bonchev–Trinajstić information content (AvgIpc) is 2.25. The fraction of sp³-hybridized carbons (Fsp3) is 0.692. The number of carbonyl (C=O) groups is 2. The Morgan fingerprint density at radius 3 is 2.53 bits per heavy atom. The van der Waals surface area contributed by atoms with E-state index in [2.05, 4.69) is 5.32 Å². The summed E-state index contributed by atoms with van der Waals surface area (Å²) in [7, 11) is 0. The van der Waals surface area contributed by atoms with E-state index in [0.29, 0.717) is 6.54 Å². The van der Waals surface area contributed by atoms with Gasteiger partial charge in [-0.1, -0.05) is 18.4 Å². The minimum Gasteiger partial charge on any atom is -0.481 e. The predicted octanol–water partition coefficient (Wildman–Crippen LogP) is 1.96. The predicted molar refractivity (Wildman–Crippen MR) is 65.5 cm³/mol. The molecule has 4 nitrogen and oxygen atoms in total. The zero-order valence-electron chi connectivity index (χ0n) is 10.5. The Hall–Kier alpha value is -1.32. The van der Waals surface area contributed by atoms with Crippen LogP contribution < -0.4 is 5.32 Å². The number of aliphatic carboxylic acids is 1. The van der Waals surface area contributed by atoms with Crippen molar-refractivity contribution in [3.05, 3.63) is 11.6 Å². The van der Waals surface area contributed by atoms with Gasteiger partial charge in [-0.2, -0.15) is 0 Å². The molecule has 0 aromatic rings. The summed E-state index contributed by atoms with van der Waals surface area (Å²) >= 11 is 0. The molecule has 1 fully saturated rings. The van der Waals surface area contributed by atoms with Crippen molar-refractivity contribution < 1.29 is 14.7 Å². The summed E-state index contributed by atoms with van der Waals surface area (Å²) in [6.07, 6.45) is 5.21. The second-order valence-corrected chi connectivity index (χ2v) is 4.96. The Morgan fingerprint density at radius 1 is 1.29 bits per heavy atom. The van der Waals surface area contributed by atoms with Crippen LogP contribution in [0, 0.1) is 11.8 Å². The number of allylic oxidation sites excluding steroid dienone is 1. The molecule has 1 rings (SSSR count). The van der Waals surface area contributed by atoms with Crippen LogP contribution in [0.1, 0.15) is 39.5 Å². The molecule has 17 heavy (non-hydrogen) atoms. The summed E-state index contributed by atoms with van der Waals surface area (Å²) in [5.74, 6) is -1.07. The average molecular weight is 239 g/mol. The molecule has 1 aliphatic rings. The largest absolute Gasteiger partial charge is 0.481 e. The monoisotopic (exact) mass is 239 g/mol. The summed E-state index contributed by atoms with van der Waals surface area (Å²) < 4.78 is 0. The van der Waals surface area contributed by atoms with Gasteiger partial charge in [0.15, 0.2) is 0 Å². The second kappa shape index (κ2) is 6.42. The molecule has 0 radical (unpaired) electrons. The molecule has 0 saturated heterocycles. The van der Waals surface area contributed by atoms with Gasteiger partial charge in [-0.25, -0.2) is 0 Å². The summed E-state index contributed by atoms with van der Waals surface area (Å²) in [4.78, 5) is 22.5. The lowest BCUT2D eigenvalue weighted by Gasteiger charge is -2.28. The van der Waals surface area contributed by atoms with E-state index in [9.17, 15) is 9.59 Å². The Kier molecular flexibility index (Phi) is 5.19. The molecule has 0 aliphatic heterocycles. The van der Waals surface area contributed by atoms with E-state index in [0.717, 1.165) is 31.3 Å². The highest BCUT2D eigenvalue weighted by Crippen LogP contribution is 2.29. The van der Waals surface area contributed by atoms with Crippen LogP contribution in [0.4, 0.5) is 0 Å². The number of nitrogens with one attached hydrogen (secondary N) is 1. The van der Waals surface area contributed by atoms with Crippen molar-refractivity contribution in [1.29, 1.82) is 0 Å². The van der Waals surface area contributed by atoms with Gasteiger partial charge in [-0.3, -0.25) is 9.59 Å². The first-order valence-electron chi connectivity index (χ1n) is 6.16. The van der Waals surface area contributed by atoms with Gasteiger partial charge in [-0.05, 0) is 32.6 Å². The molecule has 1 aliphatic carbocycles. The van der Waals surface area contributed by atoms with Crippen LogP contribution in [0.15, 0.2) is 11.6 Å². The molecule has 96 valence electrons. The molecular formula is C13H21NO3. The van der Waals surface area contributed by atoms with Gasteiger partial charge >= 0.3 is 5.97 Å². The van der Waals surface area contributed by atoms with Crippen molar-refractivity contribution in [2.75, 3.05) is 6.54 Å². The van der Waals surface area contributed by atoms with E-state index < -0.39 is 5.97 Å². The van der Waals surface area contributed by atoms with E-state index >= 15 is 0 Å². The van der Waals surface area contributed by atoms with Gasteiger partial charge < -0.3 is 10.4 Å². The molecule has 0 aromatic carbocycles. The molecule has 1 saturated carbocycles. The second-order valence-electron chi connectivity index (χ2n) is 4.96. The first-order chi connectivity index (χ1) is 8.00. The lowest BCUT2D eigenvalue weighted by molar-refractivity contribution is -0.145. The number of carboxylic acid groups (broad SMARTS) is 1. The molecule has 2 N–H and O–H groups in total. The maximum absolute atomic E-state index is 11.4. The number of hydrogen-bond acceptors (Lipinski definition) is 2. The zero-order chi connectivity index (χ0) is 12.8. The Morgan fingerprint density at radius 2 is 1.94 bits per heavy atom. The molecule has 0 bridgehead atoms. The van der Waals surface area contributed by atoms with Crippen LogP contribution in [0.5, 0.6) is 0 Å². The highest BCUT2D eigenvalue weighted by atomic mass is 16.4. The van der Waals surface area contributed by atoms with E-state index in [1.54, 1.807) is 6.08 Å². The normalized spacial score (nSPS) is 23.9. The van der Waals surface area contributed by atoms with Gasteiger partial charge in [0.25, 0.3) is 0 Å². The molecular weight excluding hydrogens is 218 g/mol. The quantitative estimate of drug-likeness (QED) is 0.737. The van der Waals surface area contributed by atoms with Crippen LogP contribution in [0.25, 0.3) is 0 Å². The molecule has 4 heteroatoms. The van der Waals surface area contributed by atoms with Crippen LogP contribution in [-0.4, -0.2) is 23.5 Å². The molecule has 0 spiro atoms. The van der Waals surface area contributed by atoms with E-state index in [4.69, 9.17) is 5.11 Å². The van der Waals surface area contributed by atoms with Gasteiger partial charge in [0, 0.05) is 12.6 Å². The fourth-order valence-electron chi connectivity index (χ4n) is 2.32. The smallest absolute Gasteiger partial charge is 0.306 e. The van der Waals surface area contributed by atoms with Gasteiger partial charge in [0.1, 0.15) is 0 Å². The third kappa shape index (κ3) is 4.59. The van der Waals surface area contributed by atoms with Crippen molar-refractivity contribution in [2.45, 2.75) is 39.5 Å². The van der Waals surface area contributed by atoms with Crippen molar-refractivity contribution in [2.24, 2.45) is 11.8 Å². The highest BCUT2D eigenvalue weighted by molar-refractivity contribution is 5.88. The third-order valence-electron chi connectivity index (χ3n) is 3.18. The number of carbonyl (C=O) groups excluding carboxylic acids is 1. The van der Waals surface area contributed by atoms with Gasteiger partial charge in [0.2, 0.25) is 5.91 Å². The Bertz CT molecular complexity index is 319. The number of rotatable bonds is 4. The van der Waals surface area contributed by atoms with Crippen molar-refractivity contribution in [3.63, 3.8) is 0 Å². The molecule has 0 aromatic heterocycles. The van der Waals surface area contributed by atoms with Crippen molar-refractivity contribution >= 4 is 11.9 Å². The Balaban J connectivity index is 2.46. The zero-order valence-corrected chi connectivity index (χ0v) is 10.5. The molecule has 2 atom stereocenters. The van der Waals surface area contributed by atoms with E-state index in [-0.39, 0.29) is 17.7 Å². The summed E-state index contributed by atoms with van der Waals surface area (Å²) in [6, 6.07) is 0. The minimum absolute atomic E-state index is 0.0794. The fourth-order valence-corrected chi connectivity index (χ4v) is 2.32. The minimum atomic E-state index is -0.730. The topological polar surface area (TPSA) is 66.4 Å². The highest BCUT2D eigenvalue weighted by Gasteiger charge is 2.30. The van der Waals surface area contributed by atoms with Crippen molar-refractivity contribution in [1.82, 2.24) is 5.32 Å². The third-order valence-corrected chi connectivity index (χ3v) is 3.18.